The lowest BCUT2D eigenvalue weighted by molar-refractivity contribution is -0.130. The molecule has 0 fully saturated rings. The molecule has 1 rings (SSSR count). The van der Waals surface area contributed by atoms with E-state index in [1.54, 1.807) is 0 Å². The van der Waals surface area contributed by atoms with Gasteiger partial charge in [-0.3, -0.25) is 9.59 Å². The van der Waals surface area contributed by atoms with E-state index in [0.717, 1.165) is 12.8 Å². The lowest BCUT2D eigenvalue weighted by Crippen LogP contribution is -2.50. The van der Waals surface area contributed by atoms with Crippen molar-refractivity contribution in [3.05, 3.63) is 35.9 Å². The first-order valence-corrected chi connectivity index (χ1v) is 8.43. The van der Waals surface area contributed by atoms with Crippen LogP contribution >= 0.6 is 12.6 Å². The van der Waals surface area contributed by atoms with E-state index in [4.69, 9.17) is 0 Å². The summed E-state index contributed by atoms with van der Waals surface area (Å²) in [7, 11) is 0. The number of carbonyl (C=O) groups is 2. The van der Waals surface area contributed by atoms with Gasteiger partial charge >= 0.3 is 0 Å². The fraction of sp³-hybridized carbons (Fsp3) is 0.529. The molecule has 2 amide bonds. The third kappa shape index (κ3) is 6.52. The van der Waals surface area contributed by atoms with Gasteiger partial charge in [0, 0.05) is 13.0 Å². The Kier molecular flexibility index (Phi) is 8.67. The van der Waals surface area contributed by atoms with Crippen molar-refractivity contribution in [1.82, 2.24) is 10.6 Å². The summed E-state index contributed by atoms with van der Waals surface area (Å²) in [5.74, 6) is 0.339. The Bertz CT molecular complexity index is 465. The van der Waals surface area contributed by atoms with Crippen molar-refractivity contribution in [2.75, 3.05) is 12.3 Å². The van der Waals surface area contributed by atoms with Crippen LogP contribution < -0.4 is 10.6 Å². The summed E-state index contributed by atoms with van der Waals surface area (Å²) in [5, 5.41) is 5.74. The maximum absolute atomic E-state index is 12.3. The third-order valence-electron chi connectivity index (χ3n) is 3.71. The Morgan fingerprint density at radius 3 is 2.50 bits per heavy atom. The summed E-state index contributed by atoms with van der Waals surface area (Å²) < 4.78 is 0. The SMILES string of the molecule is CC[C@H](C)[C@H](NC(=O)CCS)C(=O)NCCc1ccccc1. The van der Waals surface area contributed by atoms with Crippen molar-refractivity contribution in [1.29, 1.82) is 0 Å². The van der Waals surface area contributed by atoms with Crippen molar-refractivity contribution >= 4 is 24.4 Å². The fourth-order valence-corrected chi connectivity index (χ4v) is 2.34. The van der Waals surface area contributed by atoms with Crippen LogP contribution in [0.1, 0.15) is 32.3 Å². The van der Waals surface area contributed by atoms with Crippen LogP contribution in [-0.4, -0.2) is 30.2 Å². The van der Waals surface area contributed by atoms with Gasteiger partial charge in [0.2, 0.25) is 11.8 Å². The number of hydrogen-bond donors (Lipinski definition) is 3. The van der Waals surface area contributed by atoms with Gasteiger partial charge in [-0.1, -0.05) is 50.6 Å². The molecule has 0 aliphatic rings. The normalized spacial score (nSPS) is 13.2. The van der Waals surface area contributed by atoms with Crippen LogP contribution in [0.25, 0.3) is 0 Å². The molecule has 0 saturated carbocycles. The van der Waals surface area contributed by atoms with Gasteiger partial charge in [-0.2, -0.15) is 12.6 Å². The monoisotopic (exact) mass is 322 g/mol. The number of hydrogen-bond acceptors (Lipinski definition) is 3. The van der Waals surface area contributed by atoms with E-state index in [0.29, 0.717) is 18.7 Å². The topological polar surface area (TPSA) is 58.2 Å². The molecule has 1 aromatic rings. The first-order chi connectivity index (χ1) is 10.6. The zero-order chi connectivity index (χ0) is 16.4. The number of amides is 2. The van der Waals surface area contributed by atoms with E-state index >= 15 is 0 Å². The highest BCUT2D eigenvalue weighted by Crippen LogP contribution is 2.08. The van der Waals surface area contributed by atoms with Crippen LogP contribution in [0.3, 0.4) is 0 Å². The molecule has 0 aliphatic heterocycles. The summed E-state index contributed by atoms with van der Waals surface area (Å²) in [5.41, 5.74) is 1.18. The predicted octanol–water partition coefficient (Wildman–Crippen LogP) is 2.20. The molecule has 0 radical (unpaired) electrons. The van der Waals surface area contributed by atoms with Gasteiger partial charge in [-0.15, -0.1) is 0 Å². The minimum atomic E-state index is -0.479. The molecule has 0 spiro atoms. The average molecular weight is 322 g/mol. The second-order valence-electron chi connectivity index (χ2n) is 5.43. The lowest BCUT2D eigenvalue weighted by atomic mass is 9.98. The highest BCUT2D eigenvalue weighted by atomic mass is 32.1. The van der Waals surface area contributed by atoms with Crippen molar-refractivity contribution in [3.8, 4) is 0 Å². The fourth-order valence-electron chi connectivity index (χ4n) is 2.13. The molecule has 0 aliphatic carbocycles. The zero-order valence-electron chi connectivity index (χ0n) is 13.3. The molecule has 5 heteroatoms. The molecule has 4 nitrogen and oxygen atoms in total. The number of nitrogens with one attached hydrogen (secondary N) is 2. The van der Waals surface area contributed by atoms with Crippen LogP contribution in [0.5, 0.6) is 0 Å². The van der Waals surface area contributed by atoms with E-state index in [9.17, 15) is 9.59 Å². The largest absolute Gasteiger partial charge is 0.354 e. The van der Waals surface area contributed by atoms with Gasteiger partial charge in [-0.25, -0.2) is 0 Å². The molecule has 0 bridgehead atoms. The summed E-state index contributed by atoms with van der Waals surface area (Å²) in [6.45, 7) is 4.56. The Balaban J connectivity index is 2.50. The second-order valence-corrected chi connectivity index (χ2v) is 5.88. The van der Waals surface area contributed by atoms with Crippen LogP contribution in [-0.2, 0) is 16.0 Å². The number of thiol groups is 1. The summed E-state index contributed by atoms with van der Waals surface area (Å²) in [6, 6.07) is 9.53. The molecular weight excluding hydrogens is 296 g/mol. The maximum Gasteiger partial charge on any atom is 0.242 e. The molecule has 0 saturated heterocycles. The van der Waals surface area contributed by atoms with Crippen molar-refractivity contribution < 1.29 is 9.59 Å². The smallest absolute Gasteiger partial charge is 0.242 e. The summed E-state index contributed by atoms with van der Waals surface area (Å²) in [4.78, 5) is 24.1. The maximum atomic E-state index is 12.3. The molecular formula is C17H26N2O2S. The minimum Gasteiger partial charge on any atom is -0.354 e. The highest BCUT2D eigenvalue weighted by molar-refractivity contribution is 7.80. The van der Waals surface area contributed by atoms with Crippen LogP contribution in [0.2, 0.25) is 0 Å². The summed E-state index contributed by atoms with van der Waals surface area (Å²) in [6.07, 6.45) is 1.94. The molecule has 22 heavy (non-hydrogen) atoms. The number of rotatable bonds is 9. The average Bonchev–Trinajstić information content (AvgIpc) is 2.53. The highest BCUT2D eigenvalue weighted by Gasteiger charge is 2.25. The van der Waals surface area contributed by atoms with Crippen molar-refractivity contribution in [2.24, 2.45) is 5.92 Å². The number of benzene rings is 1. The quantitative estimate of drug-likeness (QED) is 0.611. The van der Waals surface area contributed by atoms with Gasteiger partial charge < -0.3 is 10.6 Å². The van der Waals surface area contributed by atoms with E-state index in [2.05, 4.69) is 23.3 Å². The van der Waals surface area contributed by atoms with Crippen molar-refractivity contribution in [3.63, 3.8) is 0 Å². The van der Waals surface area contributed by atoms with Gasteiger partial charge in [0.25, 0.3) is 0 Å². The molecule has 0 heterocycles. The Hall–Kier alpha value is -1.49. The van der Waals surface area contributed by atoms with E-state index in [1.807, 2.05) is 44.2 Å². The third-order valence-corrected chi connectivity index (χ3v) is 3.93. The van der Waals surface area contributed by atoms with E-state index in [-0.39, 0.29) is 17.7 Å². The zero-order valence-corrected chi connectivity index (χ0v) is 14.2. The van der Waals surface area contributed by atoms with Gasteiger partial charge in [0.05, 0.1) is 0 Å². The van der Waals surface area contributed by atoms with Gasteiger partial charge in [-0.05, 0) is 23.7 Å². The molecule has 1 aromatic carbocycles. The summed E-state index contributed by atoms with van der Waals surface area (Å²) >= 11 is 4.04. The lowest BCUT2D eigenvalue weighted by Gasteiger charge is -2.23. The Morgan fingerprint density at radius 1 is 1.23 bits per heavy atom. The molecule has 2 N–H and O–H groups in total. The van der Waals surface area contributed by atoms with Gasteiger partial charge in [0.15, 0.2) is 0 Å². The van der Waals surface area contributed by atoms with Crippen LogP contribution in [0.4, 0.5) is 0 Å². The van der Waals surface area contributed by atoms with E-state index < -0.39 is 6.04 Å². The number of carbonyl (C=O) groups excluding carboxylic acids is 2. The molecule has 122 valence electrons. The van der Waals surface area contributed by atoms with Crippen molar-refractivity contribution in [2.45, 2.75) is 39.2 Å². The molecule has 0 unspecified atom stereocenters. The Labute approximate surface area is 138 Å². The standard InChI is InChI=1S/C17H26N2O2S/c1-3-13(2)16(19-15(20)10-12-22)17(21)18-11-9-14-7-5-4-6-8-14/h4-8,13,16,22H,3,9-12H2,1-2H3,(H,18,21)(H,19,20)/t13-,16-/m0/s1. The minimum absolute atomic E-state index is 0.0978. The molecule has 0 aromatic heterocycles. The van der Waals surface area contributed by atoms with Crippen LogP contribution in [0, 0.1) is 5.92 Å². The first-order valence-electron chi connectivity index (χ1n) is 7.80. The predicted molar refractivity (Wildman–Crippen MR) is 93.0 cm³/mol. The second kappa shape index (κ2) is 10.3. The molecule has 2 atom stereocenters. The van der Waals surface area contributed by atoms with E-state index in [1.165, 1.54) is 5.56 Å². The first kappa shape index (κ1) is 18.6. The van der Waals surface area contributed by atoms with Gasteiger partial charge in [0.1, 0.15) is 6.04 Å². The van der Waals surface area contributed by atoms with Crippen LogP contribution in [0.15, 0.2) is 30.3 Å². The Morgan fingerprint density at radius 2 is 1.91 bits per heavy atom.